The summed E-state index contributed by atoms with van der Waals surface area (Å²) < 4.78 is 33.5. The molecule has 1 aliphatic rings. The Morgan fingerprint density at radius 2 is 1.70 bits per heavy atom. The molecule has 4 rings (SSSR count). The summed E-state index contributed by atoms with van der Waals surface area (Å²) in [5.41, 5.74) is 1.24. The van der Waals surface area contributed by atoms with Crippen LogP contribution in [0.25, 0.3) is 11.1 Å². The molecular formula is C20H20N4O4S2. The van der Waals surface area contributed by atoms with Crippen LogP contribution in [0.3, 0.4) is 0 Å². The second-order valence-corrected chi connectivity index (χ2v) is 9.36. The second kappa shape index (κ2) is 8.50. The van der Waals surface area contributed by atoms with Crippen molar-refractivity contribution in [2.75, 3.05) is 38.2 Å². The van der Waals surface area contributed by atoms with Crippen LogP contribution in [0.2, 0.25) is 0 Å². The van der Waals surface area contributed by atoms with Crippen LogP contribution in [-0.4, -0.2) is 61.9 Å². The lowest BCUT2D eigenvalue weighted by molar-refractivity contribution is 0.0602. The van der Waals surface area contributed by atoms with E-state index in [4.69, 9.17) is 4.74 Å². The first-order valence-corrected chi connectivity index (χ1v) is 11.6. The molecule has 0 radical (unpaired) electrons. The molecular weight excluding hydrogens is 424 g/mol. The molecule has 30 heavy (non-hydrogen) atoms. The van der Waals surface area contributed by atoms with Crippen LogP contribution in [0.5, 0.6) is 0 Å². The molecule has 0 unspecified atom stereocenters. The number of hydrogen-bond donors (Lipinski definition) is 0. The molecule has 1 aliphatic heterocycles. The topological polar surface area (TPSA) is 92.7 Å². The lowest BCUT2D eigenvalue weighted by Gasteiger charge is -2.34. The number of thiophene rings is 1. The summed E-state index contributed by atoms with van der Waals surface area (Å²) in [6, 6.07) is 10.9. The van der Waals surface area contributed by atoms with Gasteiger partial charge < -0.3 is 9.64 Å². The van der Waals surface area contributed by atoms with Crippen molar-refractivity contribution in [3.8, 4) is 11.1 Å². The molecule has 3 heterocycles. The van der Waals surface area contributed by atoms with Gasteiger partial charge >= 0.3 is 5.97 Å². The molecule has 0 saturated carbocycles. The van der Waals surface area contributed by atoms with Gasteiger partial charge in [0.15, 0.2) is 0 Å². The smallest absolute Gasteiger partial charge is 0.349 e. The highest BCUT2D eigenvalue weighted by molar-refractivity contribution is 7.89. The highest BCUT2D eigenvalue weighted by atomic mass is 32.2. The minimum atomic E-state index is -3.91. The van der Waals surface area contributed by atoms with E-state index in [-0.39, 0.29) is 22.9 Å². The van der Waals surface area contributed by atoms with Gasteiger partial charge in [0, 0.05) is 49.5 Å². The Balaban J connectivity index is 1.67. The van der Waals surface area contributed by atoms with Gasteiger partial charge in [-0.3, -0.25) is 0 Å². The Morgan fingerprint density at radius 1 is 1.03 bits per heavy atom. The molecule has 0 aliphatic carbocycles. The summed E-state index contributed by atoms with van der Waals surface area (Å²) in [5, 5.41) is 1.70. The molecule has 1 saturated heterocycles. The summed E-state index contributed by atoms with van der Waals surface area (Å²) in [6.07, 6.45) is 3.32. The third-order valence-corrected chi connectivity index (χ3v) is 7.95. The summed E-state index contributed by atoms with van der Waals surface area (Å²) >= 11 is 1.08. The maximum Gasteiger partial charge on any atom is 0.349 e. The predicted molar refractivity (Wildman–Crippen MR) is 114 cm³/mol. The first-order valence-electron chi connectivity index (χ1n) is 9.29. The minimum Gasteiger partial charge on any atom is -0.465 e. The Kier molecular flexibility index (Phi) is 5.80. The zero-order valence-electron chi connectivity index (χ0n) is 16.3. The number of carbonyl (C=O) groups excluding carboxylic acids is 1. The van der Waals surface area contributed by atoms with Gasteiger partial charge in [-0.1, -0.05) is 30.3 Å². The fraction of sp³-hybridized carbons (Fsp3) is 0.250. The van der Waals surface area contributed by atoms with Crippen molar-refractivity contribution in [3.63, 3.8) is 0 Å². The lowest BCUT2D eigenvalue weighted by atomic mass is 10.1. The van der Waals surface area contributed by atoms with Crippen molar-refractivity contribution < 1.29 is 17.9 Å². The summed E-state index contributed by atoms with van der Waals surface area (Å²) in [6.45, 7) is 1.46. The fourth-order valence-electron chi connectivity index (χ4n) is 3.37. The van der Waals surface area contributed by atoms with E-state index in [0.29, 0.717) is 24.6 Å². The average molecular weight is 445 g/mol. The molecule has 8 nitrogen and oxygen atoms in total. The molecule has 2 aromatic heterocycles. The van der Waals surface area contributed by atoms with Crippen molar-refractivity contribution in [3.05, 3.63) is 59.0 Å². The lowest BCUT2D eigenvalue weighted by Crippen LogP contribution is -2.49. The van der Waals surface area contributed by atoms with Crippen molar-refractivity contribution >= 4 is 33.3 Å². The van der Waals surface area contributed by atoms with Gasteiger partial charge in [-0.2, -0.15) is 4.31 Å². The standard InChI is InChI=1S/C20H20N4O4S2/c1-28-19(25)17-18(16(14-29-17)15-6-3-2-4-7-15)30(26,27)24-12-10-23(11-13-24)20-21-8-5-9-22-20/h2-9,14H,10-13H2,1H3. The van der Waals surface area contributed by atoms with Gasteiger partial charge in [0.1, 0.15) is 9.77 Å². The molecule has 0 spiro atoms. The zero-order valence-corrected chi connectivity index (χ0v) is 17.9. The van der Waals surface area contributed by atoms with Crippen LogP contribution in [-0.2, 0) is 14.8 Å². The molecule has 10 heteroatoms. The van der Waals surface area contributed by atoms with Crippen molar-refractivity contribution in [1.82, 2.24) is 14.3 Å². The number of carbonyl (C=O) groups is 1. The van der Waals surface area contributed by atoms with Gasteiger partial charge in [0.25, 0.3) is 0 Å². The number of anilines is 1. The van der Waals surface area contributed by atoms with Crippen LogP contribution in [0, 0.1) is 0 Å². The molecule has 0 bridgehead atoms. The minimum absolute atomic E-state index is 0.00922. The third kappa shape index (κ3) is 3.81. The number of nitrogens with zero attached hydrogens (tertiary/aromatic N) is 4. The molecule has 0 N–H and O–H groups in total. The maximum atomic E-state index is 13.6. The van der Waals surface area contributed by atoms with E-state index in [1.807, 2.05) is 35.2 Å². The van der Waals surface area contributed by atoms with Gasteiger partial charge in [-0.15, -0.1) is 11.3 Å². The van der Waals surface area contributed by atoms with E-state index in [2.05, 4.69) is 9.97 Å². The molecule has 3 aromatic rings. The largest absolute Gasteiger partial charge is 0.465 e. The molecule has 156 valence electrons. The van der Waals surface area contributed by atoms with E-state index in [1.165, 1.54) is 11.4 Å². The summed E-state index contributed by atoms with van der Waals surface area (Å²) in [4.78, 5) is 22.8. The Bertz CT molecular complexity index is 1130. The van der Waals surface area contributed by atoms with Crippen molar-refractivity contribution in [1.29, 1.82) is 0 Å². The van der Waals surface area contributed by atoms with Gasteiger partial charge in [0.05, 0.1) is 7.11 Å². The fourth-order valence-corrected chi connectivity index (χ4v) is 6.46. The van der Waals surface area contributed by atoms with Gasteiger partial charge in [-0.25, -0.2) is 23.2 Å². The third-order valence-electron chi connectivity index (χ3n) is 4.87. The number of benzene rings is 1. The molecule has 1 aromatic carbocycles. The second-order valence-electron chi connectivity index (χ2n) is 6.61. The Morgan fingerprint density at radius 3 is 2.33 bits per heavy atom. The van der Waals surface area contributed by atoms with E-state index in [1.54, 1.807) is 23.8 Å². The highest BCUT2D eigenvalue weighted by Gasteiger charge is 2.36. The Hall–Kier alpha value is -2.82. The van der Waals surface area contributed by atoms with E-state index < -0.39 is 16.0 Å². The normalized spacial score (nSPS) is 15.2. The van der Waals surface area contributed by atoms with Crippen LogP contribution in [0.1, 0.15) is 9.67 Å². The predicted octanol–water partition coefficient (Wildman–Crippen LogP) is 2.50. The number of hydrogen-bond acceptors (Lipinski definition) is 8. The number of esters is 1. The molecule has 1 fully saturated rings. The quantitative estimate of drug-likeness (QED) is 0.558. The number of methoxy groups -OCH3 is 1. The monoisotopic (exact) mass is 444 g/mol. The summed E-state index contributed by atoms with van der Waals surface area (Å²) in [5.74, 6) is -0.0811. The zero-order chi connectivity index (χ0) is 21.1. The number of piperazine rings is 1. The Labute approximate surface area is 178 Å². The van der Waals surface area contributed by atoms with Crippen molar-refractivity contribution in [2.24, 2.45) is 0 Å². The SMILES string of the molecule is COC(=O)c1scc(-c2ccccc2)c1S(=O)(=O)N1CCN(c2ncccn2)CC1. The number of rotatable bonds is 5. The van der Waals surface area contributed by atoms with Crippen LogP contribution in [0.15, 0.2) is 59.1 Å². The van der Waals surface area contributed by atoms with Crippen LogP contribution in [0.4, 0.5) is 5.95 Å². The van der Waals surface area contributed by atoms with Crippen LogP contribution < -0.4 is 4.90 Å². The first-order chi connectivity index (χ1) is 14.5. The summed E-state index contributed by atoms with van der Waals surface area (Å²) in [7, 11) is -2.66. The molecule has 0 amide bonds. The number of aromatic nitrogens is 2. The number of sulfonamides is 1. The average Bonchev–Trinajstić information content (AvgIpc) is 3.26. The first kappa shape index (κ1) is 20.5. The van der Waals surface area contributed by atoms with Gasteiger partial charge in [-0.05, 0) is 11.6 Å². The maximum absolute atomic E-state index is 13.6. The highest BCUT2D eigenvalue weighted by Crippen LogP contribution is 2.37. The van der Waals surface area contributed by atoms with Crippen LogP contribution >= 0.6 is 11.3 Å². The van der Waals surface area contributed by atoms with E-state index in [9.17, 15) is 13.2 Å². The van der Waals surface area contributed by atoms with Crippen molar-refractivity contribution in [2.45, 2.75) is 4.90 Å². The van der Waals surface area contributed by atoms with E-state index >= 15 is 0 Å². The molecule has 0 atom stereocenters. The van der Waals surface area contributed by atoms with E-state index in [0.717, 1.165) is 16.9 Å². The number of ether oxygens (including phenoxy) is 1. The van der Waals surface area contributed by atoms with Gasteiger partial charge in [0.2, 0.25) is 16.0 Å².